The third-order valence-electron chi connectivity index (χ3n) is 4.99. The second kappa shape index (κ2) is 8.29. The van der Waals surface area contributed by atoms with Gasteiger partial charge in [-0.1, -0.05) is 6.92 Å². The van der Waals surface area contributed by atoms with Gasteiger partial charge in [0.05, 0.1) is 24.6 Å². The first-order valence-corrected chi connectivity index (χ1v) is 9.86. The van der Waals surface area contributed by atoms with Crippen molar-refractivity contribution in [3.63, 3.8) is 0 Å². The van der Waals surface area contributed by atoms with E-state index >= 15 is 0 Å². The van der Waals surface area contributed by atoms with Crippen molar-refractivity contribution in [2.75, 3.05) is 59.0 Å². The molecular weight excluding hydrogens is 338 g/mol. The van der Waals surface area contributed by atoms with Crippen molar-refractivity contribution in [1.82, 2.24) is 14.7 Å². The molecule has 6 nitrogen and oxygen atoms in total. The average molecular weight is 365 g/mol. The standard InChI is InChI=1S/C18H27N3O3S/c1-3-15-12-16(25-14(15)2)18(23)21-6-4-20(5-7-21)17(22)13-19-8-10-24-11-9-19/h12H,3-11,13H2,1-2H3. The molecule has 25 heavy (non-hydrogen) atoms. The van der Waals surface area contributed by atoms with Crippen molar-refractivity contribution in [3.8, 4) is 0 Å². The SMILES string of the molecule is CCc1cc(C(=O)N2CCN(C(=O)CN3CCOCC3)CC2)sc1C. The summed E-state index contributed by atoms with van der Waals surface area (Å²) in [6, 6.07) is 2.03. The summed E-state index contributed by atoms with van der Waals surface area (Å²) in [6.07, 6.45) is 0.958. The van der Waals surface area contributed by atoms with Crippen LogP contribution in [-0.4, -0.2) is 85.5 Å². The average Bonchev–Trinajstić information content (AvgIpc) is 3.03. The molecule has 0 aromatic carbocycles. The summed E-state index contributed by atoms with van der Waals surface area (Å²) in [5.41, 5.74) is 1.26. The Morgan fingerprint density at radius 3 is 2.32 bits per heavy atom. The monoisotopic (exact) mass is 365 g/mol. The van der Waals surface area contributed by atoms with Crippen LogP contribution >= 0.6 is 11.3 Å². The summed E-state index contributed by atoms with van der Waals surface area (Å²) < 4.78 is 5.32. The van der Waals surface area contributed by atoms with Crippen LogP contribution < -0.4 is 0 Å². The molecule has 3 rings (SSSR count). The molecule has 1 aromatic rings. The summed E-state index contributed by atoms with van der Waals surface area (Å²) in [5, 5.41) is 0. The second-order valence-electron chi connectivity index (χ2n) is 6.61. The molecule has 3 heterocycles. The van der Waals surface area contributed by atoms with Crippen LogP contribution in [0.2, 0.25) is 0 Å². The number of nitrogens with zero attached hydrogens (tertiary/aromatic N) is 3. The number of aryl methyl sites for hydroxylation is 2. The molecule has 7 heteroatoms. The molecule has 2 saturated heterocycles. The molecular formula is C18H27N3O3S. The molecule has 2 aliphatic heterocycles. The van der Waals surface area contributed by atoms with Crippen LogP contribution in [0.1, 0.15) is 27.0 Å². The Morgan fingerprint density at radius 1 is 1.08 bits per heavy atom. The summed E-state index contributed by atoms with van der Waals surface area (Å²) >= 11 is 1.58. The van der Waals surface area contributed by atoms with Gasteiger partial charge in [0.25, 0.3) is 5.91 Å². The Balaban J connectivity index is 1.50. The Bertz CT molecular complexity index is 617. The zero-order valence-corrected chi connectivity index (χ0v) is 15.9. The van der Waals surface area contributed by atoms with E-state index in [1.54, 1.807) is 11.3 Å². The maximum Gasteiger partial charge on any atom is 0.264 e. The molecule has 0 spiro atoms. The number of piperazine rings is 1. The van der Waals surface area contributed by atoms with Crippen LogP contribution in [0.3, 0.4) is 0 Å². The van der Waals surface area contributed by atoms with Gasteiger partial charge in [-0.3, -0.25) is 14.5 Å². The number of hydrogen-bond acceptors (Lipinski definition) is 5. The van der Waals surface area contributed by atoms with Crippen molar-refractivity contribution >= 4 is 23.2 Å². The highest BCUT2D eigenvalue weighted by atomic mass is 32.1. The molecule has 0 radical (unpaired) electrons. The molecule has 0 N–H and O–H groups in total. The fraction of sp³-hybridized carbons (Fsp3) is 0.667. The normalized spacial score (nSPS) is 19.3. The van der Waals surface area contributed by atoms with Crippen molar-refractivity contribution in [3.05, 3.63) is 21.4 Å². The van der Waals surface area contributed by atoms with E-state index in [4.69, 9.17) is 4.74 Å². The lowest BCUT2D eigenvalue weighted by atomic mass is 10.2. The van der Waals surface area contributed by atoms with E-state index in [1.165, 1.54) is 10.4 Å². The number of carbonyl (C=O) groups excluding carboxylic acids is 2. The van der Waals surface area contributed by atoms with Crippen LogP contribution in [-0.2, 0) is 16.0 Å². The van der Waals surface area contributed by atoms with Gasteiger partial charge in [0.1, 0.15) is 0 Å². The number of amides is 2. The van der Waals surface area contributed by atoms with Crippen LogP contribution in [0.4, 0.5) is 0 Å². The van der Waals surface area contributed by atoms with E-state index in [2.05, 4.69) is 18.7 Å². The summed E-state index contributed by atoms with van der Waals surface area (Å²) in [6.45, 7) is 10.2. The zero-order valence-electron chi connectivity index (χ0n) is 15.1. The quantitative estimate of drug-likeness (QED) is 0.806. The highest BCUT2D eigenvalue weighted by Gasteiger charge is 2.27. The van der Waals surface area contributed by atoms with Gasteiger partial charge in [-0.25, -0.2) is 0 Å². The molecule has 0 atom stereocenters. The summed E-state index contributed by atoms with van der Waals surface area (Å²) in [4.78, 5) is 33.1. The van der Waals surface area contributed by atoms with E-state index in [1.807, 2.05) is 15.9 Å². The third-order valence-corrected chi connectivity index (χ3v) is 6.08. The molecule has 1 aromatic heterocycles. The fourth-order valence-corrected chi connectivity index (χ4v) is 4.42. The van der Waals surface area contributed by atoms with Gasteiger partial charge >= 0.3 is 0 Å². The van der Waals surface area contributed by atoms with Gasteiger partial charge in [-0.15, -0.1) is 11.3 Å². The molecule has 2 amide bonds. The predicted molar refractivity (Wildman–Crippen MR) is 98.2 cm³/mol. The molecule has 0 unspecified atom stereocenters. The lowest BCUT2D eigenvalue weighted by Crippen LogP contribution is -2.53. The Morgan fingerprint density at radius 2 is 1.72 bits per heavy atom. The van der Waals surface area contributed by atoms with E-state index in [9.17, 15) is 9.59 Å². The zero-order chi connectivity index (χ0) is 17.8. The van der Waals surface area contributed by atoms with Crippen molar-refractivity contribution in [2.45, 2.75) is 20.3 Å². The lowest BCUT2D eigenvalue weighted by molar-refractivity contribution is -0.134. The topological polar surface area (TPSA) is 53.1 Å². The van der Waals surface area contributed by atoms with Gasteiger partial charge < -0.3 is 14.5 Å². The first-order valence-electron chi connectivity index (χ1n) is 9.05. The molecule has 2 aliphatic rings. The van der Waals surface area contributed by atoms with Crippen LogP contribution in [0.5, 0.6) is 0 Å². The molecule has 2 fully saturated rings. The Labute approximate surface area is 153 Å². The number of rotatable bonds is 4. The second-order valence-corrected chi connectivity index (χ2v) is 7.86. The minimum absolute atomic E-state index is 0.105. The van der Waals surface area contributed by atoms with Gasteiger partial charge in [-0.05, 0) is 25.0 Å². The summed E-state index contributed by atoms with van der Waals surface area (Å²) in [5.74, 6) is 0.266. The number of morpholine rings is 1. The maximum absolute atomic E-state index is 12.7. The number of ether oxygens (including phenoxy) is 1. The smallest absolute Gasteiger partial charge is 0.264 e. The van der Waals surface area contributed by atoms with Crippen LogP contribution in [0.25, 0.3) is 0 Å². The number of hydrogen-bond donors (Lipinski definition) is 0. The van der Waals surface area contributed by atoms with E-state index in [0.717, 1.165) is 24.4 Å². The summed E-state index contributed by atoms with van der Waals surface area (Å²) in [7, 11) is 0. The minimum atomic E-state index is 0.105. The van der Waals surface area contributed by atoms with E-state index in [0.29, 0.717) is 45.9 Å². The van der Waals surface area contributed by atoms with Gasteiger partial charge in [0.15, 0.2) is 0 Å². The predicted octanol–water partition coefficient (Wildman–Crippen LogP) is 1.24. The highest BCUT2D eigenvalue weighted by Crippen LogP contribution is 2.23. The largest absolute Gasteiger partial charge is 0.379 e. The minimum Gasteiger partial charge on any atom is -0.379 e. The van der Waals surface area contributed by atoms with Gasteiger partial charge in [0.2, 0.25) is 5.91 Å². The Kier molecular flexibility index (Phi) is 6.09. The Hall–Kier alpha value is -1.44. The first kappa shape index (κ1) is 18.4. The molecule has 0 saturated carbocycles. The van der Waals surface area contributed by atoms with Crippen molar-refractivity contribution < 1.29 is 14.3 Å². The van der Waals surface area contributed by atoms with Gasteiger partial charge in [0, 0.05) is 44.1 Å². The highest BCUT2D eigenvalue weighted by molar-refractivity contribution is 7.14. The van der Waals surface area contributed by atoms with Crippen LogP contribution in [0.15, 0.2) is 6.07 Å². The van der Waals surface area contributed by atoms with Gasteiger partial charge in [-0.2, -0.15) is 0 Å². The number of thiophene rings is 1. The van der Waals surface area contributed by atoms with Crippen molar-refractivity contribution in [1.29, 1.82) is 0 Å². The molecule has 0 aliphatic carbocycles. The molecule has 0 bridgehead atoms. The number of carbonyl (C=O) groups is 2. The van der Waals surface area contributed by atoms with E-state index in [-0.39, 0.29) is 11.8 Å². The first-order chi connectivity index (χ1) is 12.1. The molecule has 138 valence electrons. The lowest BCUT2D eigenvalue weighted by Gasteiger charge is -2.36. The van der Waals surface area contributed by atoms with Crippen LogP contribution in [0, 0.1) is 6.92 Å². The van der Waals surface area contributed by atoms with Crippen molar-refractivity contribution in [2.24, 2.45) is 0 Å². The fourth-order valence-electron chi connectivity index (χ4n) is 3.34. The maximum atomic E-state index is 12.7. The third kappa shape index (κ3) is 4.40. The van der Waals surface area contributed by atoms with E-state index < -0.39 is 0 Å².